The van der Waals surface area contributed by atoms with E-state index in [2.05, 4.69) is 15.4 Å². The van der Waals surface area contributed by atoms with Gasteiger partial charge < -0.3 is 19.3 Å². The van der Waals surface area contributed by atoms with Crippen LogP contribution in [0.4, 0.5) is 5.69 Å². The lowest BCUT2D eigenvalue weighted by atomic mass is 10.2. The van der Waals surface area contributed by atoms with Gasteiger partial charge in [0, 0.05) is 31.7 Å². The fourth-order valence-corrected chi connectivity index (χ4v) is 3.85. The molecule has 1 fully saturated rings. The zero-order valence-electron chi connectivity index (χ0n) is 19.6. The van der Waals surface area contributed by atoms with Crippen LogP contribution in [0.1, 0.15) is 11.1 Å². The van der Waals surface area contributed by atoms with Gasteiger partial charge in [0.1, 0.15) is 18.1 Å². The molecule has 0 spiro atoms. The highest BCUT2D eigenvalue weighted by atomic mass is 16.5. The molecule has 1 aliphatic rings. The highest BCUT2D eigenvalue weighted by molar-refractivity contribution is 6.35. The number of rotatable bonds is 7. The summed E-state index contributed by atoms with van der Waals surface area (Å²) >= 11 is 0. The molecule has 3 aromatic rings. The predicted molar refractivity (Wildman–Crippen MR) is 135 cm³/mol. The van der Waals surface area contributed by atoms with Crippen molar-refractivity contribution in [1.29, 1.82) is 0 Å². The van der Waals surface area contributed by atoms with Gasteiger partial charge in [-0.25, -0.2) is 5.43 Å². The van der Waals surface area contributed by atoms with Gasteiger partial charge >= 0.3 is 11.8 Å². The number of amides is 2. The number of nitrogens with zero attached hydrogens (tertiary/aromatic N) is 3. The fraction of sp³-hybridized carbons (Fsp3) is 0.222. The van der Waals surface area contributed by atoms with Crippen molar-refractivity contribution in [1.82, 2.24) is 10.3 Å². The highest BCUT2D eigenvalue weighted by Crippen LogP contribution is 2.28. The molecule has 180 valence electrons. The van der Waals surface area contributed by atoms with E-state index in [0.29, 0.717) is 44.1 Å². The number of nitrogens with one attached hydrogen (secondary N) is 1. The summed E-state index contributed by atoms with van der Waals surface area (Å²) in [7, 11) is 1.64. The number of hydrogen-bond acceptors (Lipinski definition) is 6. The number of benzene rings is 3. The molecule has 0 atom stereocenters. The second-order valence-corrected chi connectivity index (χ2v) is 7.96. The molecule has 0 unspecified atom stereocenters. The van der Waals surface area contributed by atoms with E-state index in [1.54, 1.807) is 7.11 Å². The van der Waals surface area contributed by atoms with Crippen LogP contribution in [-0.2, 0) is 16.2 Å². The lowest BCUT2D eigenvalue weighted by Gasteiger charge is -2.36. The molecule has 3 aromatic carbocycles. The average molecular weight is 473 g/mol. The molecule has 1 N–H and O–H groups in total. The lowest BCUT2D eigenvalue weighted by Crippen LogP contribution is -2.52. The van der Waals surface area contributed by atoms with Crippen LogP contribution in [0.5, 0.6) is 11.5 Å². The Kier molecular flexibility index (Phi) is 7.96. The zero-order valence-corrected chi connectivity index (χ0v) is 19.6. The topological polar surface area (TPSA) is 83.5 Å². The third kappa shape index (κ3) is 6.17. The number of methoxy groups -OCH3 is 1. The van der Waals surface area contributed by atoms with E-state index in [0.717, 1.165) is 17.0 Å². The standard InChI is InChI=1S/C27H28N4O4/c1-34-25-14-8-6-12-23(25)30-15-17-31(18-16-30)27(33)26(32)29-28-19-22-11-5-7-13-24(22)35-20-21-9-3-2-4-10-21/h2-14,19H,15-18,20H2,1H3,(H,29,32)/b28-19-. The largest absolute Gasteiger partial charge is 0.495 e. The van der Waals surface area contributed by atoms with E-state index in [4.69, 9.17) is 9.47 Å². The number of carbonyl (C=O) groups is 2. The summed E-state index contributed by atoms with van der Waals surface area (Å²) in [5.41, 5.74) is 5.06. The van der Waals surface area contributed by atoms with Crippen molar-refractivity contribution >= 4 is 23.7 Å². The molecule has 35 heavy (non-hydrogen) atoms. The second-order valence-electron chi connectivity index (χ2n) is 7.96. The summed E-state index contributed by atoms with van der Waals surface area (Å²) in [5, 5.41) is 3.98. The summed E-state index contributed by atoms with van der Waals surface area (Å²) in [6.45, 7) is 2.50. The van der Waals surface area contributed by atoms with Crippen molar-refractivity contribution in [2.45, 2.75) is 6.61 Å². The Balaban J connectivity index is 1.29. The van der Waals surface area contributed by atoms with Gasteiger partial charge in [0.25, 0.3) is 0 Å². The third-order valence-corrected chi connectivity index (χ3v) is 5.71. The number of para-hydroxylation sites is 3. The first-order valence-corrected chi connectivity index (χ1v) is 11.4. The van der Waals surface area contributed by atoms with Crippen LogP contribution in [0.15, 0.2) is 84.0 Å². The highest BCUT2D eigenvalue weighted by Gasteiger charge is 2.26. The third-order valence-electron chi connectivity index (χ3n) is 5.71. The zero-order chi connectivity index (χ0) is 24.5. The van der Waals surface area contributed by atoms with Crippen LogP contribution in [0.2, 0.25) is 0 Å². The van der Waals surface area contributed by atoms with Gasteiger partial charge in [-0.3, -0.25) is 9.59 Å². The van der Waals surface area contributed by atoms with Crippen LogP contribution in [0.3, 0.4) is 0 Å². The Bertz CT molecular complexity index is 1170. The number of hydrazone groups is 1. The summed E-state index contributed by atoms with van der Waals surface area (Å²) in [4.78, 5) is 28.7. The SMILES string of the molecule is COc1ccccc1N1CCN(C(=O)C(=O)N/N=C\c2ccccc2OCc2ccccc2)CC1. The number of anilines is 1. The molecule has 8 nitrogen and oxygen atoms in total. The average Bonchev–Trinajstić information content (AvgIpc) is 2.92. The van der Waals surface area contributed by atoms with Crippen LogP contribution in [-0.4, -0.2) is 56.2 Å². The molecule has 0 aliphatic carbocycles. The number of piperazine rings is 1. The molecule has 0 bridgehead atoms. The summed E-state index contributed by atoms with van der Waals surface area (Å²) in [6, 6.07) is 25.0. The van der Waals surface area contributed by atoms with Crippen molar-refractivity contribution in [2.24, 2.45) is 5.10 Å². The molecule has 0 radical (unpaired) electrons. The molecular formula is C27H28N4O4. The number of ether oxygens (including phenoxy) is 2. The molecule has 2 amide bonds. The van der Waals surface area contributed by atoms with Crippen molar-refractivity contribution in [3.05, 3.63) is 90.0 Å². The molecule has 1 saturated heterocycles. The van der Waals surface area contributed by atoms with Crippen LogP contribution in [0, 0.1) is 0 Å². The minimum atomic E-state index is -0.769. The minimum absolute atomic E-state index is 0.414. The van der Waals surface area contributed by atoms with Crippen molar-refractivity contribution in [2.75, 3.05) is 38.2 Å². The normalized spacial score (nSPS) is 13.5. The first-order valence-electron chi connectivity index (χ1n) is 11.4. The maximum absolute atomic E-state index is 12.6. The second kappa shape index (κ2) is 11.7. The van der Waals surface area contributed by atoms with Gasteiger partial charge in [-0.1, -0.05) is 54.6 Å². The van der Waals surface area contributed by atoms with Crippen LogP contribution >= 0.6 is 0 Å². The van der Waals surface area contributed by atoms with Crippen LogP contribution in [0.25, 0.3) is 0 Å². The maximum atomic E-state index is 12.6. The van der Waals surface area contributed by atoms with E-state index in [9.17, 15) is 9.59 Å². The lowest BCUT2D eigenvalue weighted by molar-refractivity contribution is -0.146. The Morgan fingerprint density at radius 3 is 2.29 bits per heavy atom. The Hall–Kier alpha value is -4.33. The van der Waals surface area contributed by atoms with E-state index in [-0.39, 0.29) is 0 Å². The van der Waals surface area contributed by atoms with Crippen molar-refractivity contribution in [3.63, 3.8) is 0 Å². The van der Waals surface area contributed by atoms with Gasteiger partial charge in [0.15, 0.2) is 0 Å². The maximum Gasteiger partial charge on any atom is 0.329 e. The van der Waals surface area contributed by atoms with E-state index >= 15 is 0 Å². The fourth-order valence-electron chi connectivity index (χ4n) is 3.85. The molecule has 0 aromatic heterocycles. The van der Waals surface area contributed by atoms with Crippen molar-refractivity contribution < 1.29 is 19.1 Å². The molecule has 8 heteroatoms. The first kappa shape index (κ1) is 23.8. The Morgan fingerprint density at radius 2 is 1.54 bits per heavy atom. The van der Waals surface area contributed by atoms with E-state index in [1.165, 1.54) is 11.1 Å². The molecular weight excluding hydrogens is 444 g/mol. The van der Waals surface area contributed by atoms with Crippen LogP contribution < -0.4 is 19.8 Å². The molecule has 1 aliphatic heterocycles. The molecule has 4 rings (SSSR count). The minimum Gasteiger partial charge on any atom is -0.495 e. The van der Waals surface area contributed by atoms with Gasteiger partial charge in [0.2, 0.25) is 0 Å². The number of carbonyl (C=O) groups excluding carboxylic acids is 2. The van der Waals surface area contributed by atoms with Crippen molar-refractivity contribution in [3.8, 4) is 11.5 Å². The Labute approximate surface area is 204 Å². The molecule has 1 heterocycles. The number of hydrogen-bond donors (Lipinski definition) is 1. The monoisotopic (exact) mass is 472 g/mol. The van der Waals surface area contributed by atoms with E-state index < -0.39 is 11.8 Å². The summed E-state index contributed by atoms with van der Waals surface area (Å²) in [6.07, 6.45) is 1.48. The smallest absolute Gasteiger partial charge is 0.329 e. The van der Waals surface area contributed by atoms with Gasteiger partial charge in [-0.05, 0) is 29.8 Å². The summed E-state index contributed by atoms with van der Waals surface area (Å²) < 4.78 is 11.3. The first-order chi connectivity index (χ1) is 17.2. The van der Waals surface area contributed by atoms with E-state index in [1.807, 2.05) is 78.9 Å². The Morgan fingerprint density at radius 1 is 0.886 bits per heavy atom. The predicted octanol–water partition coefficient (Wildman–Crippen LogP) is 3.07. The quantitative estimate of drug-likeness (QED) is 0.325. The summed E-state index contributed by atoms with van der Waals surface area (Å²) in [5.74, 6) is 0.0469. The van der Waals surface area contributed by atoms with Gasteiger partial charge in [-0.2, -0.15) is 5.10 Å². The van der Waals surface area contributed by atoms with Gasteiger partial charge in [0.05, 0.1) is 19.0 Å². The molecule has 0 saturated carbocycles. The van der Waals surface area contributed by atoms with Gasteiger partial charge in [-0.15, -0.1) is 0 Å².